The zero-order valence-corrected chi connectivity index (χ0v) is 14.6. The molecule has 1 heterocycles. The van der Waals surface area contributed by atoms with Gasteiger partial charge in [-0.05, 0) is 30.6 Å². The molecule has 23 heavy (non-hydrogen) atoms. The van der Waals surface area contributed by atoms with Crippen molar-refractivity contribution in [3.05, 3.63) is 16.3 Å². The predicted molar refractivity (Wildman–Crippen MR) is 85.5 cm³/mol. The molecule has 1 aromatic rings. The number of hydrogen-bond donors (Lipinski definition) is 0. The van der Waals surface area contributed by atoms with Gasteiger partial charge in [-0.3, -0.25) is 0 Å². The van der Waals surface area contributed by atoms with Crippen molar-refractivity contribution in [3.8, 4) is 0 Å². The van der Waals surface area contributed by atoms with Gasteiger partial charge in [0.25, 0.3) is 10.0 Å². The third-order valence-corrected chi connectivity index (χ3v) is 6.60. The lowest BCUT2D eigenvalue weighted by Crippen LogP contribution is -2.43. The first-order chi connectivity index (χ1) is 10.8. The third kappa shape index (κ3) is 3.40. The molecule has 9 heteroatoms. The molecule has 0 saturated heterocycles. The topological polar surface area (TPSA) is 98.3 Å². The lowest BCUT2D eigenvalue weighted by molar-refractivity contribution is -0.392. The molecular weight excluding hydrogens is 320 g/mol. The molecule has 0 bridgehead atoms. The zero-order chi connectivity index (χ0) is 17.2. The maximum absolute atomic E-state index is 12.9. The third-order valence-electron chi connectivity index (χ3n) is 4.72. The first kappa shape index (κ1) is 17.9. The van der Waals surface area contributed by atoms with Crippen molar-refractivity contribution in [2.45, 2.75) is 63.4 Å². The van der Waals surface area contributed by atoms with E-state index in [0.717, 1.165) is 32.1 Å². The van der Waals surface area contributed by atoms with E-state index >= 15 is 0 Å². The molecule has 0 spiro atoms. The van der Waals surface area contributed by atoms with E-state index < -0.39 is 20.8 Å². The van der Waals surface area contributed by atoms with Gasteiger partial charge in [-0.2, -0.15) is 8.99 Å². The number of hydrogen-bond acceptors (Lipinski definition) is 5. The highest BCUT2D eigenvalue weighted by atomic mass is 32.2. The van der Waals surface area contributed by atoms with Crippen molar-refractivity contribution in [2.24, 2.45) is 5.92 Å². The normalized spacial score (nSPS) is 22.4. The Morgan fingerprint density at radius 1 is 1.39 bits per heavy atom. The Hall–Kier alpha value is -1.48. The van der Waals surface area contributed by atoms with Gasteiger partial charge >= 0.3 is 5.82 Å². The van der Waals surface area contributed by atoms with Gasteiger partial charge in [0, 0.05) is 13.1 Å². The van der Waals surface area contributed by atoms with Gasteiger partial charge in [-0.15, -0.1) is 0 Å². The van der Waals surface area contributed by atoms with Crippen molar-refractivity contribution >= 4 is 15.8 Å². The van der Waals surface area contributed by atoms with Crippen LogP contribution in [0.1, 0.15) is 46.0 Å². The van der Waals surface area contributed by atoms with Crippen molar-refractivity contribution in [1.82, 2.24) is 14.1 Å². The number of aromatic nitrogens is 2. The van der Waals surface area contributed by atoms with Crippen molar-refractivity contribution in [2.75, 3.05) is 7.05 Å². The van der Waals surface area contributed by atoms with Crippen molar-refractivity contribution in [3.63, 3.8) is 0 Å². The Labute approximate surface area is 136 Å². The van der Waals surface area contributed by atoms with Crippen LogP contribution in [0, 0.1) is 16.0 Å². The Balaban J connectivity index is 2.41. The second-order valence-electron chi connectivity index (χ2n) is 5.97. The Morgan fingerprint density at radius 3 is 2.61 bits per heavy atom. The summed E-state index contributed by atoms with van der Waals surface area (Å²) in [6.45, 7) is 4.19. The highest BCUT2D eigenvalue weighted by Crippen LogP contribution is 2.34. The number of sulfonamides is 1. The Morgan fingerprint density at radius 2 is 2.04 bits per heavy atom. The summed E-state index contributed by atoms with van der Waals surface area (Å²) in [5.41, 5.74) is 0. The van der Waals surface area contributed by atoms with Crippen LogP contribution in [0.4, 0.5) is 5.82 Å². The molecule has 0 unspecified atom stereocenters. The fourth-order valence-corrected chi connectivity index (χ4v) is 4.88. The number of nitrogens with zero attached hydrogens (tertiary/aromatic N) is 4. The second kappa shape index (κ2) is 6.96. The smallest absolute Gasteiger partial charge is 0.358 e. The van der Waals surface area contributed by atoms with E-state index in [0.29, 0.717) is 12.5 Å². The minimum atomic E-state index is -3.94. The molecule has 2 atom stereocenters. The molecule has 0 aromatic carbocycles. The van der Waals surface area contributed by atoms with E-state index in [1.165, 1.54) is 22.2 Å². The predicted octanol–water partition coefficient (Wildman–Crippen LogP) is 2.40. The Kier molecular flexibility index (Phi) is 5.41. The summed E-state index contributed by atoms with van der Waals surface area (Å²) < 4.78 is 28.4. The lowest BCUT2D eigenvalue weighted by atomic mass is 9.83. The minimum absolute atomic E-state index is 0.108. The van der Waals surface area contributed by atoms with E-state index in [1.807, 2.05) is 0 Å². The summed E-state index contributed by atoms with van der Waals surface area (Å²) in [4.78, 5) is 10.1. The fourth-order valence-electron chi connectivity index (χ4n) is 3.34. The summed E-state index contributed by atoms with van der Waals surface area (Å²) in [6, 6.07) is -0.108. The molecule has 0 N–H and O–H groups in total. The summed E-state index contributed by atoms with van der Waals surface area (Å²) in [5, 5.41) is 14.9. The van der Waals surface area contributed by atoms with Gasteiger partial charge in [-0.1, -0.05) is 26.2 Å². The summed E-state index contributed by atoms with van der Waals surface area (Å²) >= 11 is 0. The van der Waals surface area contributed by atoms with Gasteiger partial charge in [0.2, 0.25) is 4.90 Å². The molecule has 2 rings (SSSR count). The molecule has 0 amide bonds. The van der Waals surface area contributed by atoms with Crippen LogP contribution in [0.2, 0.25) is 0 Å². The van der Waals surface area contributed by atoms with Crippen LogP contribution >= 0.6 is 0 Å². The van der Waals surface area contributed by atoms with Crippen molar-refractivity contribution < 1.29 is 13.3 Å². The standard InChI is InChI=1S/C14H24N4O4S/c1-4-11-8-6-7-9-12(11)16(3)23(21,22)13-10-17(5-2)15-14(13)18(19)20/h10-12H,4-9H2,1-3H3/t11-,12+/m1/s1. The van der Waals surface area contributed by atoms with E-state index in [4.69, 9.17) is 0 Å². The highest BCUT2D eigenvalue weighted by Gasteiger charge is 2.39. The molecule has 1 aliphatic carbocycles. The van der Waals surface area contributed by atoms with Crippen LogP contribution in [0.25, 0.3) is 0 Å². The van der Waals surface area contributed by atoms with Gasteiger partial charge in [0.05, 0.1) is 17.8 Å². The van der Waals surface area contributed by atoms with E-state index in [9.17, 15) is 18.5 Å². The SMILES string of the molecule is CC[C@@H]1CCCC[C@@H]1N(C)S(=O)(=O)c1cn(CC)nc1[N+](=O)[O-]. The molecule has 130 valence electrons. The van der Waals surface area contributed by atoms with E-state index in [1.54, 1.807) is 6.92 Å². The average molecular weight is 344 g/mol. The molecule has 1 aliphatic rings. The molecule has 1 aromatic heterocycles. The maximum Gasteiger partial charge on any atom is 0.410 e. The maximum atomic E-state index is 12.9. The molecule has 1 fully saturated rings. The largest absolute Gasteiger partial charge is 0.410 e. The average Bonchev–Trinajstić information content (AvgIpc) is 2.99. The highest BCUT2D eigenvalue weighted by molar-refractivity contribution is 7.89. The van der Waals surface area contributed by atoms with Gasteiger partial charge in [0.15, 0.2) is 0 Å². The number of aryl methyl sites for hydroxylation is 1. The molecular formula is C14H24N4O4S. The van der Waals surface area contributed by atoms with Crippen molar-refractivity contribution in [1.29, 1.82) is 0 Å². The first-order valence-corrected chi connectivity index (χ1v) is 9.46. The van der Waals surface area contributed by atoms with Crippen LogP contribution in [0.3, 0.4) is 0 Å². The van der Waals surface area contributed by atoms with Gasteiger partial charge in [-0.25, -0.2) is 8.42 Å². The van der Waals surface area contributed by atoms with Crippen LogP contribution < -0.4 is 0 Å². The van der Waals surface area contributed by atoms with Crippen LogP contribution in [0.15, 0.2) is 11.1 Å². The zero-order valence-electron chi connectivity index (χ0n) is 13.8. The minimum Gasteiger partial charge on any atom is -0.358 e. The number of nitro groups is 1. The summed E-state index contributed by atoms with van der Waals surface area (Å²) in [6.07, 6.45) is 6.05. The quantitative estimate of drug-likeness (QED) is 0.583. The van der Waals surface area contributed by atoms with Gasteiger partial charge in [0.1, 0.15) is 0 Å². The fraction of sp³-hybridized carbons (Fsp3) is 0.786. The van der Waals surface area contributed by atoms with E-state index in [2.05, 4.69) is 12.0 Å². The van der Waals surface area contributed by atoms with Crippen LogP contribution in [0.5, 0.6) is 0 Å². The summed E-state index contributed by atoms with van der Waals surface area (Å²) in [7, 11) is -2.41. The van der Waals surface area contributed by atoms with Gasteiger partial charge < -0.3 is 10.1 Å². The van der Waals surface area contributed by atoms with Crippen LogP contribution in [-0.4, -0.2) is 40.5 Å². The number of rotatable bonds is 6. The monoisotopic (exact) mass is 344 g/mol. The second-order valence-corrected chi connectivity index (χ2v) is 7.94. The van der Waals surface area contributed by atoms with Crippen LogP contribution in [-0.2, 0) is 16.6 Å². The molecule has 0 radical (unpaired) electrons. The molecule has 8 nitrogen and oxygen atoms in total. The first-order valence-electron chi connectivity index (χ1n) is 8.02. The Bertz CT molecular complexity index is 670. The van der Waals surface area contributed by atoms with E-state index in [-0.39, 0.29) is 10.9 Å². The summed E-state index contributed by atoms with van der Waals surface area (Å²) in [5.74, 6) is -0.300. The molecule has 0 aliphatic heterocycles. The molecule has 1 saturated carbocycles. The lowest BCUT2D eigenvalue weighted by Gasteiger charge is -2.36.